The molecule has 0 N–H and O–H groups in total. The molecule has 13 heteroatoms. The second-order valence-corrected chi connectivity index (χ2v) is 6.88. The molecule has 0 saturated carbocycles. The summed E-state index contributed by atoms with van der Waals surface area (Å²) in [5.41, 5.74) is 0. The fourth-order valence-electron chi connectivity index (χ4n) is 0.431. The van der Waals surface area contributed by atoms with Crippen molar-refractivity contribution in [3.05, 3.63) is 0 Å². The van der Waals surface area contributed by atoms with Crippen molar-refractivity contribution in [2.45, 2.75) is 4.73 Å². The molecule has 0 aromatic carbocycles. The van der Waals surface area contributed by atoms with Gasteiger partial charge >= 0.3 is 118 Å². The van der Waals surface area contributed by atoms with E-state index in [4.69, 9.17) is 0 Å². The minimum atomic E-state index is -5.32. The molecule has 0 aromatic heterocycles. The summed E-state index contributed by atoms with van der Waals surface area (Å²) in [7, 11) is -10.6. The van der Waals surface area contributed by atoms with Gasteiger partial charge in [-0.1, -0.05) is 0 Å². The molecule has 0 bridgehead atoms. The summed E-state index contributed by atoms with van der Waals surface area (Å²) in [6, 6.07) is 0. The predicted octanol–water partition coefficient (Wildman–Crippen LogP) is -14.5. The fraction of sp³-hybridized carbons (Fsp3) is 1.00. The normalized spacial score (nSPS) is 10.3. The van der Waals surface area contributed by atoms with E-state index in [0.29, 0.717) is 0 Å². The van der Waals surface area contributed by atoms with Gasteiger partial charge in [-0.15, -0.1) is 0 Å². The van der Waals surface area contributed by atoms with Crippen molar-refractivity contribution in [1.82, 2.24) is 0 Å². The molecule has 0 fully saturated rings. The van der Waals surface area contributed by atoms with E-state index in [2.05, 4.69) is 0 Å². The van der Waals surface area contributed by atoms with Crippen molar-refractivity contribution < 1.29 is 147 Å². The maximum atomic E-state index is 10.1. The van der Waals surface area contributed by atoms with Crippen molar-refractivity contribution >= 4 is 27.0 Å². The number of thioether (sulfide) groups is 1. The molecule has 6 nitrogen and oxygen atoms in total. The maximum absolute atomic E-state index is 10.1. The Morgan fingerprint density at radius 3 is 1.07 bits per heavy atom. The summed E-state index contributed by atoms with van der Waals surface area (Å²) in [5.74, 6) is 0. The zero-order valence-corrected chi connectivity index (χ0v) is 19.9. The summed E-state index contributed by atoms with van der Waals surface area (Å²) < 4.78 is 17.8. The van der Waals surface area contributed by atoms with Crippen LogP contribution in [0, 0.1) is 0 Å². The third-order valence-corrected chi connectivity index (χ3v) is 6.77. The molecule has 15 heavy (non-hydrogen) atoms. The molecule has 0 aliphatic carbocycles. The molecule has 0 radical (unpaired) electrons. The summed E-state index contributed by atoms with van der Waals surface area (Å²) in [4.78, 5) is 40.4. The number of rotatable bonds is 3. The van der Waals surface area contributed by atoms with Crippen LogP contribution in [0.5, 0.6) is 0 Å². The van der Waals surface area contributed by atoms with Crippen LogP contribution in [0.1, 0.15) is 0 Å². The molecule has 0 spiro atoms. The molecule has 68 valence electrons. The average molecular weight is 310 g/mol. The summed E-state index contributed by atoms with van der Waals surface area (Å²) in [6.07, 6.45) is 1.07. The van der Waals surface area contributed by atoms with E-state index in [9.17, 15) is 28.7 Å². The Hall–Kier alpha value is 4.65. The average Bonchev–Trinajstić information content (AvgIpc) is 1.56. The third-order valence-electron chi connectivity index (χ3n) is 0.752. The molecular weight excluding hydrogens is 306 g/mol. The minimum Gasteiger partial charge on any atom is -0.810 e. The SMILES string of the molecule is CSC(P(=O)([O-])[O-])P(=O)([O-])[O-].[Na+].[Na+].[Na+].[Na+]. The van der Waals surface area contributed by atoms with Crippen molar-refractivity contribution in [2.75, 3.05) is 6.26 Å². The standard InChI is InChI=1S/C2H8O6P2S.4Na/c1-11-2(9(3,4)5)10(6,7)8;;;;/h2H,1H3,(H2,3,4,5)(H2,6,7,8);;;;/q;4*+1/p-4. The first-order valence-electron chi connectivity index (χ1n) is 2.26. The van der Waals surface area contributed by atoms with Crippen LogP contribution in [0.4, 0.5) is 0 Å². The van der Waals surface area contributed by atoms with Crippen molar-refractivity contribution in [1.29, 1.82) is 0 Å². The van der Waals surface area contributed by atoms with Crippen LogP contribution in [-0.2, 0) is 9.13 Å². The Morgan fingerprint density at radius 1 is 0.867 bits per heavy atom. The second-order valence-electron chi connectivity index (χ2n) is 1.64. The van der Waals surface area contributed by atoms with E-state index in [-0.39, 0.29) is 130 Å². The molecule has 0 aliphatic heterocycles. The van der Waals surface area contributed by atoms with E-state index < -0.39 is 19.9 Å². The molecule has 0 heterocycles. The fourth-order valence-corrected chi connectivity index (χ4v) is 3.88. The first kappa shape index (κ1) is 31.8. The van der Waals surface area contributed by atoms with Gasteiger partial charge in [-0.25, -0.2) is 0 Å². The van der Waals surface area contributed by atoms with Crippen LogP contribution in [0.2, 0.25) is 0 Å². The Bertz CT molecular complexity index is 205. The molecule has 0 unspecified atom stereocenters. The summed E-state index contributed by atoms with van der Waals surface area (Å²) in [5, 5.41) is 0. The molecule has 0 aromatic rings. The Kier molecular flexibility index (Phi) is 28.9. The van der Waals surface area contributed by atoms with Gasteiger partial charge in [-0.05, 0) is 21.4 Å². The van der Waals surface area contributed by atoms with Crippen molar-refractivity contribution in [3.63, 3.8) is 0 Å². The van der Waals surface area contributed by atoms with Crippen LogP contribution in [0.3, 0.4) is 0 Å². The van der Waals surface area contributed by atoms with Gasteiger partial charge in [0, 0.05) is 0 Å². The zero-order valence-electron chi connectivity index (χ0n) is 9.33. The Labute approximate surface area is 181 Å². The monoisotopic (exact) mass is 310 g/mol. The van der Waals surface area contributed by atoms with Gasteiger partial charge in [0.2, 0.25) is 0 Å². The summed E-state index contributed by atoms with van der Waals surface area (Å²) >= 11 is 0.208. The van der Waals surface area contributed by atoms with Crippen LogP contribution in [-0.4, -0.2) is 11.0 Å². The smallest absolute Gasteiger partial charge is 0.810 e. The van der Waals surface area contributed by atoms with Gasteiger partial charge in [0.25, 0.3) is 0 Å². The second kappa shape index (κ2) is 13.6. The van der Waals surface area contributed by atoms with Gasteiger partial charge in [0.1, 0.15) is 0 Å². The van der Waals surface area contributed by atoms with Crippen LogP contribution < -0.4 is 138 Å². The van der Waals surface area contributed by atoms with Gasteiger partial charge in [0.15, 0.2) is 0 Å². The molecule has 0 rings (SSSR count). The largest absolute Gasteiger partial charge is 1.00 e. The maximum Gasteiger partial charge on any atom is 1.00 e. The van der Waals surface area contributed by atoms with Crippen LogP contribution in [0.25, 0.3) is 0 Å². The quantitative estimate of drug-likeness (QED) is 0.374. The van der Waals surface area contributed by atoms with Gasteiger partial charge in [0.05, 0.1) is 4.73 Å². The topological polar surface area (TPSA) is 126 Å². The Morgan fingerprint density at radius 2 is 1.07 bits per heavy atom. The van der Waals surface area contributed by atoms with E-state index in [1.807, 2.05) is 0 Å². The molecule has 0 aliphatic rings. The van der Waals surface area contributed by atoms with E-state index in [1.165, 1.54) is 0 Å². The van der Waals surface area contributed by atoms with Gasteiger partial charge in [-0.3, -0.25) is 0 Å². The molecule has 0 atom stereocenters. The third kappa shape index (κ3) is 14.9. The van der Waals surface area contributed by atoms with Crippen LogP contribution in [0.15, 0.2) is 0 Å². The first-order chi connectivity index (χ1) is 4.69. The van der Waals surface area contributed by atoms with Gasteiger partial charge in [-0.2, -0.15) is 11.8 Å². The Balaban J connectivity index is -0.0000000833. The molecular formula is C2H4Na4O6P2S. The van der Waals surface area contributed by atoms with E-state index >= 15 is 0 Å². The zero-order chi connectivity index (χ0) is 9.28. The predicted molar refractivity (Wildman–Crippen MR) is 32.5 cm³/mol. The van der Waals surface area contributed by atoms with E-state index in [0.717, 1.165) is 6.26 Å². The van der Waals surface area contributed by atoms with Crippen molar-refractivity contribution in [3.8, 4) is 0 Å². The van der Waals surface area contributed by atoms with Crippen molar-refractivity contribution in [2.24, 2.45) is 0 Å². The molecule has 0 amide bonds. The summed E-state index contributed by atoms with van der Waals surface area (Å²) in [6.45, 7) is 0. The minimum absolute atomic E-state index is 0. The van der Waals surface area contributed by atoms with Crippen LogP contribution >= 0.6 is 27.0 Å². The first-order valence-corrected chi connectivity index (χ1v) is 6.77. The van der Waals surface area contributed by atoms with E-state index in [1.54, 1.807) is 0 Å². The number of hydrogen-bond donors (Lipinski definition) is 0. The molecule has 0 saturated heterocycles. The number of hydrogen-bond acceptors (Lipinski definition) is 7. The van der Waals surface area contributed by atoms with Gasteiger partial charge < -0.3 is 28.7 Å².